The van der Waals surface area contributed by atoms with Crippen LogP contribution in [0, 0.1) is 0 Å². The third kappa shape index (κ3) is 2.79. The summed E-state index contributed by atoms with van der Waals surface area (Å²) in [4.78, 5) is 2.42. The highest BCUT2D eigenvalue weighted by Crippen LogP contribution is 2.26. The van der Waals surface area contributed by atoms with Crippen molar-refractivity contribution in [3.63, 3.8) is 0 Å². The van der Waals surface area contributed by atoms with Crippen molar-refractivity contribution < 1.29 is 4.74 Å². The normalized spacial score (nSPS) is 19.1. The molecule has 1 saturated heterocycles. The molecular weight excluding hydrogens is 248 g/mol. The van der Waals surface area contributed by atoms with Gasteiger partial charge in [-0.05, 0) is 18.4 Å². The molecule has 1 fully saturated rings. The van der Waals surface area contributed by atoms with Crippen LogP contribution in [0.15, 0.2) is 42.5 Å². The van der Waals surface area contributed by atoms with Gasteiger partial charge >= 0.3 is 0 Å². The Morgan fingerprint density at radius 1 is 1.20 bits per heavy atom. The van der Waals surface area contributed by atoms with Gasteiger partial charge in [0.25, 0.3) is 0 Å². The van der Waals surface area contributed by atoms with Gasteiger partial charge in [0.1, 0.15) is 0 Å². The van der Waals surface area contributed by atoms with E-state index in [0.29, 0.717) is 0 Å². The zero-order valence-corrected chi connectivity index (χ0v) is 12.0. The van der Waals surface area contributed by atoms with Gasteiger partial charge in [0.15, 0.2) is 0 Å². The molecule has 0 radical (unpaired) electrons. The highest BCUT2D eigenvalue weighted by molar-refractivity contribution is 5.94. The van der Waals surface area contributed by atoms with Gasteiger partial charge < -0.3 is 15.0 Å². The largest absolute Gasteiger partial charge is 0.374 e. The molecule has 1 aliphatic rings. The summed E-state index contributed by atoms with van der Waals surface area (Å²) < 4.78 is 5.84. The van der Waals surface area contributed by atoms with Gasteiger partial charge in [-0.25, -0.2) is 0 Å². The number of rotatable bonds is 4. The lowest BCUT2D eigenvalue weighted by Gasteiger charge is -2.31. The second-order valence-electron chi connectivity index (χ2n) is 5.23. The first-order chi connectivity index (χ1) is 9.88. The minimum Gasteiger partial charge on any atom is -0.374 e. The Labute approximate surface area is 120 Å². The number of hydrogen-bond acceptors (Lipinski definition) is 3. The predicted molar refractivity (Wildman–Crippen MR) is 84.4 cm³/mol. The number of nitrogens with one attached hydrogen (secondary N) is 1. The Hall–Kier alpha value is -1.58. The minimum absolute atomic E-state index is 0.280. The van der Waals surface area contributed by atoms with Crippen molar-refractivity contribution >= 4 is 16.5 Å². The van der Waals surface area contributed by atoms with Gasteiger partial charge in [-0.2, -0.15) is 0 Å². The minimum atomic E-state index is 0.280. The summed E-state index contributed by atoms with van der Waals surface area (Å²) in [5, 5.41) is 6.02. The van der Waals surface area contributed by atoms with Crippen molar-refractivity contribution in [3.8, 4) is 0 Å². The zero-order valence-electron chi connectivity index (χ0n) is 12.0. The Kier molecular flexibility index (Phi) is 4.19. The van der Waals surface area contributed by atoms with Crippen LogP contribution in [-0.2, 0) is 4.74 Å². The van der Waals surface area contributed by atoms with Crippen LogP contribution in [0.25, 0.3) is 10.8 Å². The average molecular weight is 270 g/mol. The van der Waals surface area contributed by atoms with Gasteiger partial charge in [0, 0.05) is 37.3 Å². The van der Waals surface area contributed by atoms with E-state index in [2.05, 4.69) is 59.6 Å². The standard InChI is InChI=1S/C17H22N2O/c1-2-19(13-15-12-18-10-11-20-15)17-9-5-7-14-6-3-4-8-16(14)17/h3-9,15,18H,2,10-13H2,1H3. The maximum atomic E-state index is 5.84. The van der Waals surface area contributed by atoms with E-state index in [-0.39, 0.29) is 6.10 Å². The fourth-order valence-corrected chi connectivity index (χ4v) is 2.86. The maximum Gasteiger partial charge on any atom is 0.0874 e. The first kappa shape index (κ1) is 13.4. The molecule has 2 aromatic rings. The van der Waals surface area contributed by atoms with Crippen molar-refractivity contribution in [2.24, 2.45) is 0 Å². The third-order valence-corrected chi connectivity index (χ3v) is 3.92. The number of ether oxygens (including phenoxy) is 1. The summed E-state index contributed by atoms with van der Waals surface area (Å²) in [6.45, 7) is 6.87. The lowest BCUT2D eigenvalue weighted by Crippen LogP contribution is -2.45. The van der Waals surface area contributed by atoms with Gasteiger partial charge in [-0.1, -0.05) is 36.4 Å². The van der Waals surface area contributed by atoms with Gasteiger partial charge in [-0.15, -0.1) is 0 Å². The molecule has 0 aliphatic carbocycles. The van der Waals surface area contributed by atoms with Crippen molar-refractivity contribution in [2.45, 2.75) is 13.0 Å². The maximum absolute atomic E-state index is 5.84. The molecule has 2 aromatic carbocycles. The molecule has 0 amide bonds. The van der Waals surface area contributed by atoms with E-state index in [1.807, 2.05) is 0 Å². The van der Waals surface area contributed by atoms with E-state index in [0.717, 1.165) is 32.8 Å². The van der Waals surface area contributed by atoms with Crippen molar-refractivity contribution in [1.29, 1.82) is 0 Å². The van der Waals surface area contributed by atoms with Crippen LogP contribution in [0.2, 0.25) is 0 Å². The number of likely N-dealkylation sites (N-methyl/N-ethyl adjacent to an activating group) is 1. The van der Waals surface area contributed by atoms with Crippen LogP contribution in [-0.4, -0.2) is 38.9 Å². The number of nitrogens with zero attached hydrogens (tertiary/aromatic N) is 1. The van der Waals surface area contributed by atoms with Gasteiger partial charge in [0.05, 0.1) is 12.7 Å². The number of hydrogen-bond donors (Lipinski definition) is 1. The van der Waals surface area contributed by atoms with E-state index in [4.69, 9.17) is 4.74 Å². The van der Waals surface area contributed by atoms with Crippen LogP contribution in [0.5, 0.6) is 0 Å². The highest BCUT2D eigenvalue weighted by atomic mass is 16.5. The molecule has 0 bridgehead atoms. The summed E-state index contributed by atoms with van der Waals surface area (Å²) in [6.07, 6.45) is 0.280. The Bertz CT molecular complexity index is 558. The van der Waals surface area contributed by atoms with Gasteiger partial charge in [-0.3, -0.25) is 0 Å². The smallest absolute Gasteiger partial charge is 0.0874 e. The lowest BCUT2D eigenvalue weighted by molar-refractivity contribution is 0.0335. The summed E-state index contributed by atoms with van der Waals surface area (Å²) in [6, 6.07) is 15.1. The van der Waals surface area contributed by atoms with Crippen LogP contribution in [0.1, 0.15) is 6.92 Å². The Morgan fingerprint density at radius 2 is 2.05 bits per heavy atom. The van der Waals surface area contributed by atoms with E-state index in [1.54, 1.807) is 0 Å². The van der Waals surface area contributed by atoms with E-state index >= 15 is 0 Å². The van der Waals surface area contributed by atoms with E-state index < -0.39 is 0 Å². The number of anilines is 1. The topological polar surface area (TPSA) is 24.5 Å². The second kappa shape index (κ2) is 6.25. The highest BCUT2D eigenvalue weighted by Gasteiger charge is 2.18. The Balaban J connectivity index is 1.86. The van der Waals surface area contributed by atoms with E-state index in [1.165, 1.54) is 16.5 Å². The van der Waals surface area contributed by atoms with Crippen molar-refractivity contribution in [1.82, 2.24) is 5.32 Å². The molecule has 1 heterocycles. The molecule has 106 valence electrons. The molecule has 1 N–H and O–H groups in total. The van der Waals surface area contributed by atoms with Crippen LogP contribution in [0.4, 0.5) is 5.69 Å². The first-order valence-corrected chi connectivity index (χ1v) is 7.43. The SMILES string of the molecule is CCN(CC1CNCCO1)c1cccc2ccccc12. The van der Waals surface area contributed by atoms with Crippen molar-refractivity contribution in [3.05, 3.63) is 42.5 Å². The fourth-order valence-electron chi connectivity index (χ4n) is 2.86. The quantitative estimate of drug-likeness (QED) is 0.924. The average Bonchev–Trinajstić information content (AvgIpc) is 2.53. The zero-order chi connectivity index (χ0) is 13.8. The first-order valence-electron chi connectivity index (χ1n) is 7.43. The number of morpholine rings is 1. The van der Waals surface area contributed by atoms with Crippen LogP contribution in [0.3, 0.4) is 0 Å². The fraction of sp³-hybridized carbons (Fsp3) is 0.412. The molecule has 3 nitrogen and oxygen atoms in total. The molecule has 3 heteroatoms. The molecule has 1 atom stereocenters. The molecule has 20 heavy (non-hydrogen) atoms. The Morgan fingerprint density at radius 3 is 2.85 bits per heavy atom. The monoisotopic (exact) mass is 270 g/mol. The lowest BCUT2D eigenvalue weighted by atomic mass is 10.1. The summed E-state index contributed by atoms with van der Waals surface area (Å²) in [5.41, 5.74) is 1.31. The predicted octanol–water partition coefficient (Wildman–Crippen LogP) is 2.65. The summed E-state index contributed by atoms with van der Waals surface area (Å²) in [5.74, 6) is 0. The van der Waals surface area contributed by atoms with E-state index in [9.17, 15) is 0 Å². The second-order valence-corrected chi connectivity index (χ2v) is 5.23. The van der Waals surface area contributed by atoms with Gasteiger partial charge in [0.2, 0.25) is 0 Å². The molecule has 0 saturated carbocycles. The van der Waals surface area contributed by atoms with Crippen LogP contribution < -0.4 is 10.2 Å². The summed E-state index contributed by atoms with van der Waals surface area (Å²) >= 11 is 0. The molecule has 0 spiro atoms. The molecule has 3 rings (SSSR count). The van der Waals surface area contributed by atoms with Crippen molar-refractivity contribution in [2.75, 3.05) is 37.7 Å². The molecular formula is C17H22N2O. The van der Waals surface area contributed by atoms with Crippen LogP contribution >= 0.6 is 0 Å². The third-order valence-electron chi connectivity index (χ3n) is 3.92. The summed E-state index contributed by atoms with van der Waals surface area (Å²) in [7, 11) is 0. The number of benzene rings is 2. The molecule has 1 aliphatic heterocycles. The number of fused-ring (bicyclic) bond motifs is 1. The molecule has 1 unspecified atom stereocenters. The molecule has 0 aromatic heterocycles.